The van der Waals surface area contributed by atoms with Gasteiger partial charge in [0.1, 0.15) is 18.5 Å². The molecule has 3 heteroatoms. The highest BCUT2D eigenvalue weighted by molar-refractivity contribution is 5.35. The molecule has 0 bridgehead atoms. The number of aliphatic hydroxyl groups is 1. The predicted octanol–water partition coefficient (Wildman–Crippen LogP) is 3.31. The molecule has 0 amide bonds. The molecule has 0 aliphatic carbocycles. The molecule has 1 saturated heterocycles. The third-order valence-corrected chi connectivity index (χ3v) is 4.57. The van der Waals surface area contributed by atoms with E-state index in [0.717, 1.165) is 11.3 Å². The Kier molecular flexibility index (Phi) is 5.65. The molecule has 0 spiro atoms. The second kappa shape index (κ2) is 7.28. The minimum absolute atomic E-state index is 0.361. The maximum Gasteiger partial charge on any atom is 0.122 e. The minimum Gasteiger partial charge on any atom is -0.491 e. The highest BCUT2D eigenvalue weighted by Crippen LogP contribution is 2.23. The van der Waals surface area contributed by atoms with Gasteiger partial charge in [0.2, 0.25) is 0 Å². The van der Waals surface area contributed by atoms with E-state index in [1.54, 1.807) is 0 Å². The van der Waals surface area contributed by atoms with Crippen molar-refractivity contribution in [3.8, 4) is 5.75 Å². The van der Waals surface area contributed by atoms with Gasteiger partial charge in [0, 0.05) is 18.6 Å². The lowest BCUT2D eigenvalue weighted by Gasteiger charge is -2.40. The predicted molar refractivity (Wildman–Crippen MR) is 86.9 cm³/mol. The molecule has 1 aromatic carbocycles. The van der Waals surface area contributed by atoms with Gasteiger partial charge in [-0.15, -0.1) is 0 Å². The number of aliphatic hydroxyl groups excluding tert-OH is 1. The Labute approximate surface area is 128 Å². The van der Waals surface area contributed by atoms with Gasteiger partial charge >= 0.3 is 0 Å². The Hall–Kier alpha value is -1.06. The zero-order valence-electron chi connectivity index (χ0n) is 13.8. The van der Waals surface area contributed by atoms with Crippen LogP contribution in [0.4, 0.5) is 0 Å². The van der Waals surface area contributed by atoms with Crippen LogP contribution in [0.15, 0.2) is 18.2 Å². The summed E-state index contributed by atoms with van der Waals surface area (Å²) in [6.07, 6.45) is 3.32. The van der Waals surface area contributed by atoms with E-state index < -0.39 is 6.10 Å². The average Bonchev–Trinajstić information content (AvgIpc) is 2.44. The lowest BCUT2D eigenvalue weighted by Crippen LogP contribution is -2.48. The quantitative estimate of drug-likeness (QED) is 0.903. The summed E-state index contributed by atoms with van der Waals surface area (Å²) in [5.41, 5.74) is 2.30. The first-order chi connectivity index (χ1) is 9.97. The van der Waals surface area contributed by atoms with Crippen molar-refractivity contribution in [2.45, 2.75) is 65.1 Å². The molecule has 3 nitrogen and oxygen atoms in total. The number of likely N-dealkylation sites (tertiary alicyclic amines) is 1. The second-order valence-corrected chi connectivity index (χ2v) is 6.56. The van der Waals surface area contributed by atoms with E-state index in [-0.39, 0.29) is 0 Å². The fourth-order valence-corrected chi connectivity index (χ4v) is 3.18. The van der Waals surface area contributed by atoms with E-state index >= 15 is 0 Å². The van der Waals surface area contributed by atoms with E-state index in [1.807, 2.05) is 13.0 Å². The molecule has 1 N–H and O–H groups in total. The molecule has 1 aliphatic heterocycles. The second-order valence-electron chi connectivity index (χ2n) is 6.56. The summed E-state index contributed by atoms with van der Waals surface area (Å²) in [5, 5.41) is 10.3. The highest BCUT2D eigenvalue weighted by Gasteiger charge is 2.26. The third-order valence-electron chi connectivity index (χ3n) is 4.57. The van der Waals surface area contributed by atoms with Crippen LogP contribution in [0.3, 0.4) is 0 Å². The van der Waals surface area contributed by atoms with Gasteiger partial charge in [-0.1, -0.05) is 18.6 Å². The van der Waals surface area contributed by atoms with E-state index in [4.69, 9.17) is 4.74 Å². The highest BCUT2D eigenvalue weighted by atomic mass is 16.5. The maximum atomic E-state index is 10.3. The summed E-state index contributed by atoms with van der Waals surface area (Å²) < 4.78 is 5.81. The topological polar surface area (TPSA) is 32.7 Å². The van der Waals surface area contributed by atoms with Crippen molar-refractivity contribution < 1.29 is 9.84 Å². The Morgan fingerprint density at radius 1 is 1.24 bits per heavy atom. The van der Waals surface area contributed by atoms with Crippen LogP contribution in [0.2, 0.25) is 0 Å². The standard InChI is InChI=1S/C18H29NO2/c1-13-8-9-14(2)18(10-13)21-12-17(20)11-19-15(3)6-5-7-16(19)4/h8-10,15-17,20H,5-7,11-12H2,1-4H3/t15-,16+,17-/m0/s1. The van der Waals surface area contributed by atoms with E-state index in [2.05, 4.69) is 37.8 Å². The molecule has 1 aromatic rings. The van der Waals surface area contributed by atoms with Crippen LogP contribution in [-0.4, -0.2) is 41.3 Å². The average molecular weight is 291 g/mol. The van der Waals surface area contributed by atoms with E-state index in [9.17, 15) is 5.11 Å². The van der Waals surface area contributed by atoms with Crippen molar-refractivity contribution in [1.82, 2.24) is 4.90 Å². The Morgan fingerprint density at radius 3 is 2.57 bits per heavy atom. The lowest BCUT2D eigenvalue weighted by atomic mass is 9.97. The number of rotatable bonds is 5. The molecule has 0 saturated carbocycles. The Morgan fingerprint density at radius 2 is 1.90 bits per heavy atom. The lowest BCUT2D eigenvalue weighted by molar-refractivity contribution is 0.0207. The molecule has 0 radical (unpaired) electrons. The number of hydrogen-bond acceptors (Lipinski definition) is 3. The van der Waals surface area contributed by atoms with Gasteiger partial charge in [0.25, 0.3) is 0 Å². The fraction of sp³-hybridized carbons (Fsp3) is 0.667. The number of β-amino-alcohol motifs (C(OH)–C–C–N with tert-alkyl or cyclic N) is 1. The van der Waals surface area contributed by atoms with E-state index in [0.29, 0.717) is 25.2 Å². The van der Waals surface area contributed by atoms with Gasteiger partial charge in [0.15, 0.2) is 0 Å². The van der Waals surface area contributed by atoms with Crippen molar-refractivity contribution in [1.29, 1.82) is 0 Å². The zero-order valence-corrected chi connectivity index (χ0v) is 13.8. The fourth-order valence-electron chi connectivity index (χ4n) is 3.18. The van der Waals surface area contributed by atoms with Crippen molar-refractivity contribution >= 4 is 0 Å². The Bertz CT molecular complexity index is 451. The van der Waals surface area contributed by atoms with Gasteiger partial charge in [-0.3, -0.25) is 4.90 Å². The molecule has 0 unspecified atom stereocenters. The first-order valence-electron chi connectivity index (χ1n) is 8.11. The number of nitrogens with zero attached hydrogens (tertiary/aromatic N) is 1. The monoisotopic (exact) mass is 291 g/mol. The van der Waals surface area contributed by atoms with Crippen LogP contribution in [0, 0.1) is 13.8 Å². The van der Waals surface area contributed by atoms with Crippen molar-refractivity contribution in [2.24, 2.45) is 0 Å². The molecule has 1 aliphatic rings. The van der Waals surface area contributed by atoms with Crippen LogP contribution >= 0.6 is 0 Å². The van der Waals surface area contributed by atoms with Gasteiger partial charge in [0.05, 0.1) is 0 Å². The van der Waals surface area contributed by atoms with Crippen molar-refractivity contribution in [3.05, 3.63) is 29.3 Å². The molecule has 3 atom stereocenters. The number of aryl methyl sites for hydroxylation is 2. The molecule has 0 aromatic heterocycles. The van der Waals surface area contributed by atoms with Gasteiger partial charge < -0.3 is 9.84 Å². The normalized spacial score (nSPS) is 24.8. The molecule has 2 rings (SSSR count). The van der Waals surface area contributed by atoms with Crippen LogP contribution in [0.5, 0.6) is 5.75 Å². The van der Waals surface area contributed by atoms with E-state index in [1.165, 1.54) is 24.8 Å². The van der Waals surface area contributed by atoms with Gasteiger partial charge in [-0.05, 0) is 57.7 Å². The molecule has 118 valence electrons. The zero-order chi connectivity index (χ0) is 15.4. The number of benzene rings is 1. The molecule has 21 heavy (non-hydrogen) atoms. The molecular weight excluding hydrogens is 262 g/mol. The van der Waals surface area contributed by atoms with Gasteiger partial charge in [-0.25, -0.2) is 0 Å². The summed E-state index contributed by atoms with van der Waals surface area (Å²) in [5.74, 6) is 0.883. The smallest absolute Gasteiger partial charge is 0.122 e. The van der Waals surface area contributed by atoms with Crippen LogP contribution < -0.4 is 4.74 Å². The summed E-state index contributed by atoms with van der Waals surface area (Å²) in [7, 11) is 0. The molecule has 1 heterocycles. The largest absolute Gasteiger partial charge is 0.491 e. The first kappa shape index (κ1) is 16.3. The van der Waals surface area contributed by atoms with Crippen LogP contribution in [0.1, 0.15) is 44.2 Å². The summed E-state index contributed by atoms with van der Waals surface area (Å²) in [6.45, 7) is 9.67. The summed E-state index contributed by atoms with van der Waals surface area (Å²) in [4.78, 5) is 2.42. The summed E-state index contributed by atoms with van der Waals surface area (Å²) >= 11 is 0. The van der Waals surface area contributed by atoms with Crippen LogP contribution in [0.25, 0.3) is 0 Å². The van der Waals surface area contributed by atoms with Crippen molar-refractivity contribution in [2.75, 3.05) is 13.2 Å². The van der Waals surface area contributed by atoms with Crippen molar-refractivity contribution in [3.63, 3.8) is 0 Å². The SMILES string of the molecule is Cc1ccc(C)c(OC[C@@H](O)CN2[C@H](C)CCC[C@@H]2C)c1. The Balaban J connectivity index is 1.86. The van der Waals surface area contributed by atoms with Crippen LogP contribution in [-0.2, 0) is 0 Å². The number of piperidine rings is 1. The third kappa shape index (κ3) is 4.45. The summed E-state index contributed by atoms with van der Waals surface area (Å²) in [6, 6.07) is 7.30. The maximum absolute atomic E-state index is 10.3. The minimum atomic E-state index is -0.437. The first-order valence-corrected chi connectivity index (χ1v) is 8.11. The molecular formula is C18H29NO2. The number of ether oxygens (including phenoxy) is 1. The van der Waals surface area contributed by atoms with Gasteiger partial charge in [-0.2, -0.15) is 0 Å². The molecule has 1 fully saturated rings. The number of hydrogen-bond donors (Lipinski definition) is 1.